The van der Waals surface area contributed by atoms with Gasteiger partial charge in [-0.15, -0.1) is 0 Å². The number of aromatic carboxylic acids is 1. The summed E-state index contributed by atoms with van der Waals surface area (Å²) in [5.74, 6) is -0.644. The van der Waals surface area contributed by atoms with Crippen molar-refractivity contribution in [3.05, 3.63) is 11.3 Å². The molecule has 1 aromatic heterocycles. The number of hydrogen-bond acceptors (Lipinski definition) is 5. The highest BCUT2D eigenvalue weighted by Gasteiger charge is 2.15. The average molecular weight is 197 g/mol. The Morgan fingerprint density at radius 2 is 2.14 bits per heavy atom. The van der Waals surface area contributed by atoms with Gasteiger partial charge < -0.3 is 15.2 Å². The number of carboxylic acid groups (broad SMARTS) is 1. The van der Waals surface area contributed by atoms with Crippen molar-refractivity contribution in [2.24, 2.45) is 0 Å². The van der Waals surface area contributed by atoms with E-state index in [-0.39, 0.29) is 11.7 Å². The van der Waals surface area contributed by atoms with Crippen molar-refractivity contribution in [3.8, 4) is 6.01 Å². The van der Waals surface area contributed by atoms with Crippen molar-refractivity contribution in [1.82, 2.24) is 9.97 Å². The van der Waals surface area contributed by atoms with Gasteiger partial charge >= 0.3 is 12.0 Å². The third-order valence-corrected chi connectivity index (χ3v) is 1.75. The molecule has 76 valence electrons. The molecule has 0 aliphatic rings. The van der Waals surface area contributed by atoms with Crippen LogP contribution in [-0.2, 0) is 0 Å². The third kappa shape index (κ3) is 1.73. The Hall–Kier alpha value is -1.85. The monoisotopic (exact) mass is 197 g/mol. The highest BCUT2D eigenvalue weighted by molar-refractivity contribution is 5.88. The lowest BCUT2D eigenvalue weighted by Crippen LogP contribution is -2.09. The lowest BCUT2D eigenvalue weighted by Gasteiger charge is -2.08. The molecule has 1 aromatic rings. The quantitative estimate of drug-likeness (QED) is 0.735. The fraction of sp³-hybridized carbons (Fsp3) is 0.375. The largest absolute Gasteiger partial charge is 0.476 e. The predicted octanol–water partition coefficient (Wildman–Crippen LogP) is 0.534. The van der Waals surface area contributed by atoms with Gasteiger partial charge in [-0.3, -0.25) is 0 Å². The Morgan fingerprint density at radius 3 is 2.57 bits per heavy atom. The van der Waals surface area contributed by atoms with E-state index in [1.807, 2.05) is 0 Å². The molecule has 0 fully saturated rings. The van der Waals surface area contributed by atoms with Crippen LogP contribution in [0.5, 0.6) is 6.01 Å². The molecule has 0 saturated heterocycles. The first kappa shape index (κ1) is 10.2. The van der Waals surface area contributed by atoms with Crippen molar-refractivity contribution in [3.63, 3.8) is 0 Å². The molecule has 0 unspecified atom stereocenters. The molecule has 1 heterocycles. The average Bonchev–Trinajstić information content (AvgIpc) is 2.17. The van der Waals surface area contributed by atoms with Gasteiger partial charge in [0.2, 0.25) is 0 Å². The van der Waals surface area contributed by atoms with Gasteiger partial charge in [-0.25, -0.2) is 4.79 Å². The van der Waals surface area contributed by atoms with Gasteiger partial charge in [-0.2, -0.15) is 9.97 Å². The number of ether oxygens (including phenoxy) is 1. The number of nitrogens with one attached hydrogen (secondary N) is 1. The summed E-state index contributed by atoms with van der Waals surface area (Å²) in [7, 11) is 3.04. The van der Waals surface area contributed by atoms with Crippen LogP contribution in [0.4, 0.5) is 5.82 Å². The minimum Gasteiger partial charge on any atom is -0.476 e. The van der Waals surface area contributed by atoms with Crippen molar-refractivity contribution in [1.29, 1.82) is 0 Å². The smallest absolute Gasteiger partial charge is 0.355 e. The maximum absolute atomic E-state index is 10.8. The molecule has 0 radical (unpaired) electrons. The molecule has 0 aliphatic carbocycles. The molecule has 2 N–H and O–H groups in total. The van der Waals surface area contributed by atoms with E-state index >= 15 is 0 Å². The van der Waals surface area contributed by atoms with Gasteiger partial charge in [-0.05, 0) is 6.92 Å². The molecule has 1 rings (SSSR count). The number of methoxy groups -OCH3 is 1. The second-order valence-electron chi connectivity index (χ2n) is 2.59. The van der Waals surface area contributed by atoms with Crippen LogP contribution in [0.1, 0.15) is 16.1 Å². The van der Waals surface area contributed by atoms with Crippen LogP contribution in [0.15, 0.2) is 0 Å². The van der Waals surface area contributed by atoms with Gasteiger partial charge in [0.1, 0.15) is 5.82 Å². The molecule has 0 saturated carbocycles. The van der Waals surface area contributed by atoms with E-state index in [9.17, 15) is 4.79 Å². The van der Waals surface area contributed by atoms with E-state index in [0.29, 0.717) is 11.4 Å². The van der Waals surface area contributed by atoms with E-state index in [4.69, 9.17) is 9.84 Å². The van der Waals surface area contributed by atoms with Crippen LogP contribution < -0.4 is 10.1 Å². The maximum Gasteiger partial charge on any atom is 0.355 e. The standard InChI is InChI=1S/C8H11N3O3/c1-4-5(7(12)13)10-8(14-3)11-6(4)9-2/h1-3H3,(H,12,13)(H,9,10,11). The first-order valence-electron chi connectivity index (χ1n) is 3.93. The van der Waals surface area contributed by atoms with Crippen molar-refractivity contribution in [2.45, 2.75) is 6.92 Å². The normalized spacial score (nSPS) is 9.64. The van der Waals surface area contributed by atoms with E-state index in [1.54, 1.807) is 14.0 Å². The zero-order chi connectivity index (χ0) is 10.7. The first-order chi connectivity index (χ1) is 6.60. The summed E-state index contributed by atoms with van der Waals surface area (Å²) in [5, 5.41) is 11.6. The molecule has 0 aliphatic heterocycles. The fourth-order valence-corrected chi connectivity index (χ4v) is 1.04. The summed E-state index contributed by atoms with van der Waals surface area (Å²) in [6.45, 7) is 1.63. The molecular weight excluding hydrogens is 186 g/mol. The lowest BCUT2D eigenvalue weighted by atomic mass is 10.2. The molecule has 6 heteroatoms. The SMILES string of the molecule is CNc1nc(OC)nc(C(=O)O)c1C. The van der Waals surface area contributed by atoms with Gasteiger partial charge in [0.25, 0.3) is 0 Å². The second kappa shape index (κ2) is 3.91. The molecule has 0 spiro atoms. The number of carboxylic acids is 1. The summed E-state index contributed by atoms with van der Waals surface area (Å²) < 4.78 is 4.78. The van der Waals surface area contributed by atoms with Crippen molar-refractivity contribution < 1.29 is 14.6 Å². The van der Waals surface area contributed by atoms with Gasteiger partial charge in [0.15, 0.2) is 5.69 Å². The third-order valence-electron chi connectivity index (χ3n) is 1.75. The van der Waals surface area contributed by atoms with Crippen LogP contribution in [0.2, 0.25) is 0 Å². The van der Waals surface area contributed by atoms with Crippen LogP contribution in [0, 0.1) is 6.92 Å². The molecule has 14 heavy (non-hydrogen) atoms. The molecule has 0 aromatic carbocycles. The second-order valence-corrected chi connectivity index (χ2v) is 2.59. The number of hydrogen-bond donors (Lipinski definition) is 2. The van der Waals surface area contributed by atoms with Crippen LogP contribution in [-0.4, -0.2) is 35.2 Å². The van der Waals surface area contributed by atoms with Crippen molar-refractivity contribution in [2.75, 3.05) is 19.5 Å². The van der Waals surface area contributed by atoms with E-state index in [1.165, 1.54) is 7.11 Å². The highest BCUT2D eigenvalue weighted by atomic mass is 16.5. The number of nitrogens with zero attached hydrogens (tertiary/aromatic N) is 2. The minimum atomic E-state index is -1.10. The zero-order valence-corrected chi connectivity index (χ0v) is 8.16. The zero-order valence-electron chi connectivity index (χ0n) is 8.16. The number of rotatable bonds is 3. The van der Waals surface area contributed by atoms with E-state index in [2.05, 4.69) is 15.3 Å². The maximum atomic E-state index is 10.8. The summed E-state index contributed by atoms with van der Waals surface area (Å²) in [4.78, 5) is 18.5. The van der Waals surface area contributed by atoms with E-state index < -0.39 is 5.97 Å². The Kier molecular flexibility index (Phi) is 2.85. The summed E-state index contributed by atoms with van der Waals surface area (Å²) in [6.07, 6.45) is 0. The summed E-state index contributed by atoms with van der Waals surface area (Å²) in [5.41, 5.74) is 0.432. The van der Waals surface area contributed by atoms with Crippen LogP contribution in [0.3, 0.4) is 0 Å². The number of aromatic nitrogens is 2. The predicted molar refractivity (Wildman–Crippen MR) is 49.8 cm³/mol. The van der Waals surface area contributed by atoms with Gasteiger partial charge in [0, 0.05) is 12.6 Å². The highest BCUT2D eigenvalue weighted by Crippen LogP contribution is 2.17. The fourth-order valence-electron chi connectivity index (χ4n) is 1.04. The molecule has 6 nitrogen and oxygen atoms in total. The molecule has 0 atom stereocenters. The van der Waals surface area contributed by atoms with Crippen LogP contribution >= 0.6 is 0 Å². The van der Waals surface area contributed by atoms with Gasteiger partial charge in [0.05, 0.1) is 7.11 Å². The van der Waals surface area contributed by atoms with E-state index in [0.717, 1.165) is 0 Å². The Morgan fingerprint density at radius 1 is 1.50 bits per heavy atom. The Bertz CT molecular complexity index is 365. The minimum absolute atomic E-state index is 0.0392. The summed E-state index contributed by atoms with van der Waals surface area (Å²) in [6, 6.07) is 0.0392. The topological polar surface area (TPSA) is 84.3 Å². The van der Waals surface area contributed by atoms with Crippen molar-refractivity contribution >= 4 is 11.8 Å². The molecule has 0 amide bonds. The number of carbonyl (C=O) groups is 1. The van der Waals surface area contributed by atoms with Gasteiger partial charge in [-0.1, -0.05) is 0 Å². The molecule has 0 bridgehead atoms. The number of anilines is 1. The summed E-state index contributed by atoms with van der Waals surface area (Å²) >= 11 is 0. The lowest BCUT2D eigenvalue weighted by molar-refractivity contribution is 0.0688. The first-order valence-corrected chi connectivity index (χ1v) is 3.93. The Balaban J connectivity index is 3.34. The Labute approximate surface area is 80.9 Å². The molecular formula is C8H11N3O3. The van der Waals surface area contributed by atoms with Crippen LogP contribution in [0.25, 0.3) is 0 Å².